The molecule has 3 rings (SSSR count). The summed E-state index contributed by atoms with van der Waals surface area (Å²) < 4.78 is 20.3. The van der Waals surface area contributed by atoms with E-state index >= 15 is 0 Å². The zero-order chi connectivity index (χ0) is 14.1. The van der Waals surface area contributed by atoms with Crippen LogP contribution in [0.2, 0.25) is 5.15 Å². The van der Waals surface area contributed by atoms with Gasteiger partial charge in [-0.1, -0.05) is 11.6 Å². The summed E-state index contributed by atoms with van der Waals surface area (Å²) >= 11 is 5.90. The largest absolute Gasteiger partial charge is 0.381 e. The van der Waals surface area contributed by atoms with Crippen molar-refractivity contribution < 1.29 is 13.9 Å². The number of aromatic nitrogens is 2. The van der Waals surface area contributed by atoms with Crippen molar-refractivity contribution in [1.82, 2.24) is 14.7 Å². The minimum atomic E-state index is -0.505. The third-order valence-corrected chi connectivity index (χ3v) is 3.60. The van der Waals surface area contributed by atoms with Gasteiger partial charge in [0.25, 0.3) is 5.91 Å². The number of hydrogen-bond donors (Lipinski definition) is 1. The highest BCUT2D eigenvalue weighted by Crippen LogP contribution is 2.21. The molecule has 0 spiro atoms. The molecule has 2 aromatic rings. The number of ether oxygens (including phenoxy) is 1. The van der Waals surface area contributed by atoms with Gasteiger partial charge in [-0.2, -0.15) is 0 Å². The van der Waals surface area contributed by atoms with E-state index in [-0.39, 0.29) is 28.4 Å². The lowest BCUT2D eigenvalue weighted by atomic mass is 10.1. The fraction of sp³-hybridized carbons (Fsp3) is 0.385. The number of hydrogen-bond acceptors (Lipinski definition) is 3. The minimum Gasteiger partial charge on any atom is -0.381 e. The molecule has 0 unspecified atom stereocenters. The molecular weight excluding hydrogens is 285 g/mol. The molecule has 0 aromatic carbocycles. The van der Waals surface area contributed by atoms with Crippen molar-refractivity contribution in [2.45, 2.75) is 18.9 Å². The van der Waals surface area contributed by atoms with E-state index in [1.807, 2.05) is 0 Å². The number of fused-ring (bicyclic) bond motifs is 1. The molecule has 1 aliphatic rings. The number of amides is 1. The summed E-state index contributed by atoms with van der Waals surface area (Å²) in [5.74, 6) is -0.768. The molecule has 5 nitrogen and oxygen atoms in total. The van der Waals surface area contributed by atoms with Crippen LogP contribution in [0.5, 0.6) is 0 Å². The molecule has 0 aliphatic carbocycles. The molecule has 2 aromatic heterocycles. The van der Waals surface area contributed by atoms with Crippen molar-refractivity contribution in [2.24, 2.45) is 0 Å². The standard InChI is InChI=1S/C13H13ClFN3O2/c14-11-10-9(15)2-1-5-18(10)12(17-11)13(19)16-8-3-6-20-7-4-8/h1-2,5,8H,3-4,6-7H2,(H,16,19). The molecule has 1 aliphatic heterocycles. The molecule has 1 saturated heterocycles. The number of halogens is 2. The quantitative estimate of drug-likeness (QED) is 0.923. The summed E-state index contributed by atoms with van der Waals surface area (Å²) in [6, 6.07) is 2.84. The number of nitrogens with zero attached hydrogens (tertiary/aromatic N) is 2. The predicted molar refractivity (Wildman–Crippen MR) is 71.5 cm³/mol. The highest BCUT2D eigenvalue weighted by molar-refractivity contribution is 6.33. The molecule has 3 heterocycles. The number of carbonyl (C=O) groups excluding carboxylic acids is 1. The average Bonchev–Trinajstić information content (AvgIpc) is 2.79. The average molecular weight is 298 g/mol. The molecule has 106 valence electrons. The zero-order valence-corrected chi connectivity index (χ0v) is 11.4. The number of rotatable bonds is 2. The van der Waals surface area contributed by atoms with Crippen LogP contribution in [-0.2, 0) is 4.74 Å². The minimum absolute atomic E-state index is 0.0137. The number of imidazole rings is 1. The third kappa shape index (κ3) is 2.36. The number of pyridine rings is 1. The van der Waals surface area contributed by atoms with E-state index in [2.05, 4.69) is 10.3 Å². The molecule has 20 heavy (non-hydrogen) atoms. The van der Waals surface area contributed by atoms with Crippen LogP contribution in [0.4, 0.5) is 4.39 Å². The van der Waals surface area contributed by atoms with Gasteiger partial charge in [0.2, 0.25) is 5.82 Å². The van der Waals surface area contributed by atoms with Crippen molar-refractivity contribution in [1.29, 1.82) is 0 Å². The molecular formula is C13H13ClFN3O2. The molecule has 0 atom stereocenters. The molecule has 1 N–H and O–H groups in total. The van der Waals surface area contributed by atoms with Gasteiger partial charge in [-0.15, -0.1) is 0 Å². The Kier molecular flexibility index (Phi) is 3.58. The van der Waals surface area contributed by atoms with Crippen molar-refractivity contribution >= 4 is 23.0 Å². The van der Waals surface area contributed by atoms with Gasteiger partial charge in [0.05, 0.1) is 0 Å². The van der Waals surface area contributed by atoms with Crippen LogP contribution in [0.1, 0.15) is 23.5 Å². The van der Waals surface area contributed by atoms with Crippen LogP contribution in [-0.4, -0.2) is 34.5 Å². The van der Waals surface area contributed by atoms with Gasteiger partial charge in [0, 0.05) is 25.5 Å². The summed E-state index contributed by atoms with van der Waals surface area (Å²) in [5.41, 5.74) is 0.117. The molecule has 0 bridgehead atoms. The maximum atomic E-state index is 13.7. The number of nitrogens with one attached hydrogen (secondary N) is 1. The van der Waals surface area contributed by atoms with E-state index < -0.39 is 5.82 Å². The lowest BCUT2D eigenvalue weighted by Crippen LogP contribution is -2.39. The van der Waals surface area contributed by atoms with Gasteiger partial charge in [-0.05, 0) is 25.0 Å². The van der Waals surface area contributed by atoms with E-state index in [0.29, 0.717) is 13.2 Å². The Morgan fingerprint density at radius 3 is 3.00 bits per heavy atom. The van der Waals surface area contributed by atoms with E-state index in [0.717, 1.165) is 12.8 Å². The smallest absolute Gasteiger partial charge is 0.287 e. The van der Waals surface area contributed by atoms with Gasteiger partial charge >= 0.3 is 0 Å². The summed E-state index contributed by atoms with van der Waals surface area (Å²) in [6.45, 7) is 1.26. The van der Waals surface area contributed by atoms with Crippen LogP contribution >= 0.6 is 11.6 Å². The lowest BCUT2D eigenvalue weighted by Gasteiger charge is -2.22. The summed E-state index contributed by atoms with van der Waals surface area (Å²) in [7, 11) is 0. The zero-order valence-electron chi connectivity index (χ0n) is 10.6. The predicted octanol–water partition coefficient (Wildman–Crippen LogP) is 2.04. The first-order chi connectivity index (χ1) is 9.66. The third-order valence-electron chi connectivity index (χ3n) is 3.33. The van der Waals surface area contributed by atoms with Crippen LogP contribution in [0, 0.1) is 5.82 Å². The Labute approximate surface area is 119 Å². The van der Waals surface area contributed by atoms with Crippen LogP contribution in [0.25, 0.3) is 5.52 Å². The lowest BCUT2D eigenvalue weighted by molar-refractivity contribution is 0.0691. The van der Waals surface area contributed by atoms with Gasteiger partial charge in [-0.25, -0.2) is 9.37 Å². The monoisotopic (exact) mass is 297 g/mol. The number of carbonyl (C=O) groups is 1. The Morgan fingerprint density at radius 1 is 1.50 bits per heavy atom. The van der Waals surface area contributed by atoms with Crippen molar-refractivity contribution in [3.8, 4) is 0 Å². The van der Waals surface area contributed by atoms with E-state index in [9.17, 15) is 9.18 Å². The summed E-state index contributed by atoms with van der Waals surface area (Å²) in [6.07, 6.45) is 3.09. The molecule has 1 fully saturated rings. The summed E-state index contributed by atoms with van der Waals surface area (Å²) in [5, 5.41) is 2.86. The van der Waals surface area contributed by atoms with Crippen molar-refractivity contribution in [3.05, 3.63) is 35.1 Å². The Bertz CT molecular complexity index is 652. The van der Waals surface area contributed by atoms with E-state index in [1.165, 1.54) is 16.5 Å². The molecule has 0 radical (unpaired) electrons. The molecule has 0 saturated carbocycles. The fourth-order valence-electron chi connectivity index (χ4n) is 2.31. The second kappa shape index (κ2) is 5.38. The maximum Gasteiger partial charge on any atom is 0.287 e. The maximum absolute atomic E-state index is 13.7. The van der Waals surface area contributed by atoms with Crippen LogP contribution < -0.4 is 5.32 Å². The summed E-state index contributed by atoms with van der Waals surface area (Å²) in [4.78, 5) is 16.2. The normalized spacial score (nSPS) is 16.5. The molecule has 7 heteroatoms. The van der Waals surface area contributed by atoms with E-state index in [4.69, 9.17) is 16.3 Å². The highest BCUT2D eigenvalue weighted by Gasteiger charge is 2.22. The van der Waals surface area contributed by atoms with Crippen molar-refractivity contribution in [3.63, 3.8) is 0 Å². The van der Waals surface area contributed by atoms with E-state index in [1.54, 1.807) is 6.20 Å². The first-order valence-electron chi connectivity index (χ1n) is 6.37. The van der Waals surface area contributed by atoms with Gasteiger partial charge in [0.1, 0.15) is 11.3 Å². The topological polar surface area (TPSA) is 55.6 Å². The first-order valence-corrected chi connectivity index (χ1v) is 6.75. The Hall–Kier alpha value is -1.66. The van der Waals surface area contributed by atoms with Crippen molar-refractivity contribution in [2.75, 3.05) is 13.2 Å². The first kappa shape index (κ1) is 13.3. The van der Waals surface area contributed by atoms with Gasteiger partial charge in [-0.3, -0.25) is 9.20 Å². The SMILES string of the molecule is O=C(NC1CCOCC1)c1nc(Cl)c2c(F)cccn12. The molecule has 1 amide bonds. The Balaban J connectivity index is 1.90. The van der Waals surface area contributed by atoms with Gasteiger partial charge < -0.3 is 10.1 Å². The van der Waals surface area contributed by atoms with Crippen LogP contribution in [0.3, 0.4) is 0 Å². The fourth-order valence-corrected chi connectivity index (χ4v) is 2.57. The van der Waals surface area contributed by atoms with Crippen LogP contribution in [0.15, 0.2) is 18.3 Å². The second-order valence-electron chi connectivity index (χ2n) is 4.66. The van der Waals surface area contributed by atoms with Gasteiger partial charge in [0.15, 0.2) is 5.15 Å². The Morgan fingerprint density at radius 2 is 2.25 bits per heavy atom. The second-order valence-corrected chi connectivity index (χ2v) is 5.02. The highest BCUT2D eigenvalue weighted by atomic mass is 35.5.